The first-order chi connectivity index (χ1) is 12.0. The van der Waals surface area contributed by atoms with Crippen LogP contribution in [0.25, 0.3) is 0 Å². The normalized spacial score (nSPS) is 12.9. The van der Waals surface area contributed by atoms with Crippen LogP contribution >= 0.6 is 0 Å². The smallest absolute Gasteiger partial charge is 0.151 e. The molecule has 0 aliphatic carbocycles. The molecule has 0 saturated carbocycles. The van der Waals surface area contributed by atoms with E-state index in [1.54, 1.807) is 18.1 Å². The lowest BCUT2D eigenvalue weighted by atomic mass is 10.1. The highest BCUT2D eigenvalue weighted by atomic mass is 16.5. The van der Waals surface area contributed by atoms with Crippen molar-refractivity contribution < 1.29 is 4.74 Å². The minimum atomic E-state index is 0.521. The second-order valence-electron chi connectivity index (χ2n) is 6.00. The summed E-state index contributed by atoms with van der Waals surface area (Å²) in [6.45, 7) is 3.73. The number of fused-ring (bicyclic) bond motifs is 2. The SMILES string of the molecule is C/C=C\N(C)/N=C/c1ccc2c(c1)Oc1cc(C(C)=N)ccc1N2C. The fraction of sp³-hybridized carbons (Fsp3) is 0.200. The zero-order chi connectivity index (χ0) is 18.0. The van der Waals surface area contributed by atoms with Crippen molar-refractivity contribution in [2.24, 2.45) is 5.10 Å². The number of hydrogen-bond acceptors (Lipinski definition) is 5. The maximum absolute atomic E-state index is 7.81. The Morgan fingerprint density at radius 2 is 1.84 bits per heavy atom. The van der Waals surface area contributed by atoms with E-state index in [1.807, 2.05) is 69.7 Å². The molecular formula is C20H22N4O. The van der Waals surface area contributed by atoms with Crippen molar-refractivity contribution >= 4 is 23.3 Å². The van der Waals surface area contributed by atoms with Crippen LogP contribution < -0.4 is 9.64 Å². The number of rotatable bonds is 4. The molecule has 0 unspecified atom stereocenters. The molecule has 1 aliphatic heterocycles. The van der Waals surface area contributed by atoms with E-state index in [4.69, 9.17) is 10.1 Å². The van der Waals surface area contributed by atoms with Gasteiger partial charge >= 0.3 is 0 Å². The quantitative estimate of drug-likeness (QED) is 0.648. The summed E-state index contributed by atoms with van der Waals surface area (Å²) < 4.78 is 6.11. The van der Waals surface area contributed by atoms with Crippen LogP contribution in [0.2, 0.25) is 0 Å². The second-order valence-corrected chi connectivity index (χ2v) is 6.00. The van der Waals surface area contributed by atoms with Gasteiger partial charge in [-0.25, -0.2) is 0 Å². The lowest BCUT2D eigenvalue weighted by Gasteiger charge is -2.30. The molecule has 0 atom stereocenters. The first-order valence-electron chi connectivity index (χ1n) is 8.14. The minimum Gasteiger partial charge on any atom is -0.453 e. The highest BCUT2D eigenvalue weighted by Crippen LogP contribution is 2.46. The monoisotopic (exact) mass is 334 g/mol. The van der Waals surface area contributed by atoms with Crippen LogP contribution in [-0.2, 0) is 0 Å². The van der Waals surface area contributed by atoms with Gasteiger partial charge in [0.15, 0.2) is 11.5 Å². The van der Waals surface area contributed by atoms with Crippen LogP contribution in [0.4, 0.5) is 11.4 Å². The molecule has 2 aromatic rings. The van der Waals surface area contributed by atoms with Crippen LogP contribution in [0.15, 0.2) is 53.8 Å². The maximum Gasteiger partial charge on any atom is 0.151 e. The predicted molar refractivity (Wildman–Crippen MR) is 104 cm³/mol. The second kappa shape index (κ2) is 6.81. The molecule has 0 amide bonds. The van der Waals surface area contributed by atoms with E-state index in [-0.39, 0.29) is 0 Å². The Morgan fingerprint density at radius 3 is 2.52 bits per heavy atom. The molecule has 1 heterocycles. The number of nitrogens with zero attached hydrogens (tertiary/aromatic N) is 3. The average molecular weight is 334 g/mol. The van der Waals surface area contributed by atoms with Gasteiger partial charge in [-0.05, 0) is 49.2 Å². The molecule has 0 bridgehead atoms. The van der Waals surface area contributed by atoms with Gasteiger partial charge in [-0.1, -0.05) is 18.2 Å². The van der Waals surface area contributed by atoms with E-state index in [1.165, 1.54) is 0 Å². The number of allylic oxidation sites excluding steroid dienone is 1. The number of anilines is 2. The molecule has 1 aliphatic rings. The van der Waals surface area contributed by atoms with E-state index in [0.29, 0.717) is 5.71 Å². The molecular weight excluding hydrogens is 312 g/mol. The summed E-state index contributed by atoms with van der Waals surface area (Å²) >= 11 is 0. The lowest BCUT2D eigenvalue weighted by Crippen LogP contribution is -2.16. The maximum atomic E-state index is 7.81. The van der Waals surface area contributed by atoms with E-state index < -0.39 is 0 Å². The van der Waals surface area contributed by atoms with Crippen LogP contribution in [0.3, 0.4) is 0 Å². The molecule has 5 heteroatoms. The fourth-order valence-electron chi connectivity index (χ4n) is 2.74. The van der Waals surface area contributed by atoms with Gasteiger partial charge in [0.2, 0.25) is 0 Å². The highest BCUT2D eigenvalue weighted by Gasteiger charge is 2.22. The van der Waals surface area contributed by atoms with Crippen molar-refractivity contribution in [3.8, 4) is 11.5 Å². The first-order valence-corrected chi connectivity index (χ1v) is 8.14. The molecule has 0 spiro atoms. The molecule has 0 fully saturated rings. The fourth-order valence-corrected chi connectivity index (χ4v) is 2.74. The number of hydrogen-bond donors (Lipinski definition) is 1. The van der Waals surface area contributed by atoms with Gasteiger partial charge in [0.25, 0.3) is 0 Å². The van der Waals surface area contributed by atoms with E-state index in [9.17, 15) is 0 Å². The van der Waals surface area contributed by atoms with Crippen LogP contribution in [-0.4, -0.2) is 31.0 Å². The third-order valence-corrected chi connectivity index (χ3v) is 4.07. The van der Waals surface area contributed by atoms with Gasteiger partial charge in [0, 0.05) is 26.0 Å². The summed E-state index contributed by atoms with van der Waals surface area (Å²) in [6, 6.07) is 11.9. The zero-order valence-electron chi connectivity index (χ0n) is 14.9. The summed E-state index contributed by atoms with van der Waals surface area (Å²) in [5.74, 6) is 1.55. The standard InChI is InChI=1S/C20H22N4O/c1-5-10-23(3)22-13-15-6-8-17-19(11-15)25-20-12-16(14(2)21)7-9-18(20)24(17)4/h5-13,21H,1-4H3/b10-5-,21-14?,22-13+. The minimum absolute atomic E-state index is 0.521. The summed E-state index contributed by atoms with van der Waals surface area (Å²) in [5, 5.41) is 13.9. The first kappa shape index (κ1) is 16.8. The molecule has 128 valence electrons. The van der Waals surface area contributed by atoms with Crippen LogP contribution in [0.1, 0.15) is 25.0 Å². The summed E-state index contributed by atoms with van der Waals surface area (Å²) in [7, 11) is 3.90. The van der Waals surface area contributed by atoms with Gasteiger partial charge in [-0.15, -0.1) is 0 Å². The molecule has 1 N–H and O–H groups in total. The third kappa shape index (κ3) is 3.40. The molecule has 0 aromatic heterocycles. The van der Waals surface area contributed by atoms with Crippen molar-refractivity contribution in [1.29, 1.82) is 5.41 Å². The Balaban J connectivity index is 1.93. The Hall–Kier alpha value is -3.08. The van der Waals surface area contributed by atoms with E-state index in [0.717, 1.165) is 34.0 Å². The van der Waals surface area contributed by atoms with Gasteiger partial charge in [0.1, 0.15) is 0 Å². The van der Waals surface area contributed by atoms with Gasteiger partial charge in [0.05, 0.1) is 17.6 Å². The van der Waals surface area contributed by atoms with Gasteiger partial charge < -0.3 is 15.0 Å². The van der Waals surface area contributed by atoms with Crippen LogP contribution in [0, 0.1) is 5.41 Å². The van der Waals surface area contributed by atoms with Crippen molar-refractivity contribution in [3.63, 3.8) is 0 Å². The number of benzene rings is 2. The molecule has 25 heavy (non-hydrogen) atoms. The number of nitrogens with one attached hydrogen (secondary N) is 1. The average Bonchev–Trinajstić information content (AvgIpc) is 2.59. The Labute approximate surface area is 148 Å². The Bertz CT molecular complexity index is 870. The van der Waals surface area contributed by atoms with Gasteiger partial charge in [-0.2, -0.15) is 5.10 Å². The topological polar surface area (TPSA) is 51.9 Å². The highest BCUT2D eigenvalue weighted by molar-refractivity contribution is 5.97. The molecule has 2 aromatic carbocycles. The van der Waals surface area contributed by atoms with Gasteiger partial charge in [-0.3, -0.25) is 5.01 Å². The molecule has 5 nitrogen and oxygen atoms in total. The largest absolute Gasteiger partial charge is 0.453 e. The predicted octanol–water partition coefficient (Wildman–Crippen LogP) is 4.75. The third-order valence-electron chi connectivity index (χ3n) is 4.07. The summed E-state index contributed by atoms with van der Waals surface area (Å²) in [4.78, 5) is 2.10. The Kier molecular flexibility index (Phi) is 4.57. The number of hydrazone groups is 1. The molecule has 0 radical (unpaired) electrons. The van der Waals surface area contributed by atoms with Crippen molar-refractivity contribution in [3.05, 3.63) is 59.8 Å². The van der Waals surface area contributed by atoms with Crippen molar-refractivity contribution in [2.75, 3.05) is 19.0 Å². The number of ether oxygens (including phenoxy) is 1. The summed E-state index contributed by atoms with van der Waals surface area (Å²) in [6.07, 6.45) is 5.62. The molecule has 0 saturated heterocycles. The van der Waals surface area contributed by atoms with Crippen molar-refractivity contribution in [2.45, 2.75) is 13.8 Å². The van der Waals surface area contributed by atoms with E-state index in [2.05, 4.69) is 10.0 Å². The van der Waals surface area contributed by atoms with Crippen LogP contribution in [0.5, 0.6) is 11.5 Å². The molecule has 3 rings (SSSR count). The summed E-state index contributed by atoms with van der Waals surface area (Å²) in [5.41, 5.74) is 4.35. The zero-order valence-corrected chi connectivity index (χ0v) is 14.9. The Morgan fingerprint density at radius 1 is 1.16 bits per heavy atom. The van der Waals surface area contributed by atoms with E-state index >= 15 is 0 Å². The lowest BCUT2D eigenvalue weighted by molar-refractivity contribution is 0.475. The van der Waals surface area contributed by atoms with Crippen molar-refractivity contribution in [1.82, 2.24) is 5.01 Å².